The molecule has 7 heteroatoms. The molecule has 2 heterocycles. The van der Waals surface area contributed by atoms with E-state index in [0.29, 0.717) is 11.9 Å². The quantitative estimate of drug-likeness (QED) is 0.742. The summed E-state index contributed by atoms with van der Waals surface area (Å²) in [4.78, 5) is 23.9. The van der Waals surface area contributed by atoms with Crippen LogP contribution in [0.5, 0.6) is 0 Å². The molecule has 2 aromatic heterocycles. The van der Waals surface area contributed by atoms with Crippen molar-refractivity contribution in [2.75, 3.05) is 6.61 Å². The molecule has 0 saturated heterocycles. The molecular formula is C16H17N3O4. The first-order valence-electron chi connectivity index (χ1n) is 7.25. The minimum atomic E-state index is -0.510. The summed E-state index contributed by atoms with van der Waals surface area (Å²) in [7, 11) is 1.59. The van der Waals surface area contributed by atoms with E-state index < -0.39 is 11.7 Å². The van der Waals surface area contributed by atoms with E-state index in [0.717, 1.165) is 17.0 Å². The van der Waals surface area contributed by atoms with Gasteiger partial charge in [0.25, 0.3) is 0 Å². The number of aromatic nitrogens is 3. The molecule has 0 aliphatic heterocycles. The highest BCUT2D eigenvalue weighted by atomic mass is 16.5. The number of nitrogens with zero attached hydrogens (tertiary/aromatic N) is 2. The lowest BCUT2D eigenvalue weighted by atomic mass is 10.1. The average molecular weight is 315 g/mol. The van der Waals surface area contributed by atoms with Gasteiger partial charge in [-0.3, -0.25) is 9.67 Å². The molecule has 1 aromatic carbocycles. The van der Waals surface area contributed by atoms with Crippen LogP contribution in [0.3, 0.4) is 0 Å². The maximum absolute atomic E-state index is 12.3. The maximum atomic E-state index is 12.3. The van der Waals surface area contributed by atoms with E-state index in [4.69, 9.17) is 9.15 Å². The van der Waals surface area contributed by atoms with Gasteiger partial charge < -0.3 is 9.15 Å². The maximum Gasteiger partial charge on any atom is 0.419 e. The Hall–Kier alpha value is -2.83. The van der Waals surface area contributed by atoms with Crippen molar-refractivity contribution in [3.8, 4) is 0 Å². The smallest absolute Gasteiger partial charge is 0.419 e. The molecule has 0 fully saturated rings. The minimum Gasteiger partial charge on any atom is -0.462 e. The van der Waals surface area contributed by atoms with Crippen LogP contribution in [0.25, 0.3) is 11.1 Å². The SMILES string of the molecule is Cc1n[nH]c(C)c1CCOC(=O)c1cccc2c1oc(=O)n2C. The predicted octanol–water partition coefficient (Wildman–Crippen LogP) is 1.87. The first kappa shape index (κ1) is 15.1. The Kier molecular flexibility index (Phi) is 3.77. The summed E-state index contributed by atoms with van der Waals surface area (Å²) in [6.07, 6.45) is 0.578. The predicted molar refractivity (Wildman–Crippen MR) is 83.5 cm³/mol. The molecule has 120 valence electrons. The largest absolute Gasteiger partial charge is 0.462 e. The Morgan fingerprint density at radius 2 is 2.17 bits per heavy atom. The number of hydrogen-bond donors (Lipinski definition) is 1. The summed E-state index contributed by atoms with van der Waals surface area (Å²) in [5.74, 6) is -1.02. The van der Waals surface area contributed by atoms with Crippen molar-refractivity contribution in [2.45, 2.75) is 20.3 Å². The summed E-state index contributed by atoms with van der Waals surface area (Å²) < 4.78 is 11.8. The van der Waals surface area contributed by atoms with Gasteiger partial charge in [0, 0.05) is 19.2 Å². The van der Waals surface area contributed by atoms with E-state index in [9.17, 15) is 9.59 Å². The van der Waals surface area contributed by atoms with Crippen LogP contribution in [0, 0.1) is 13.8 Å². The van der Waals surface area contributed by atoms with Crippen LogP contribution in [-0.4, -0.2) is 27.3 Å². The fraction of sp³-hybridized carbons (Fsp3) is 0.312. The van der Waals surface area contributed by atoms with Gasteiger partial charge in [-0.1, -0.05) is 6.07 Å². The third-order valence-electron chi connectivity index (χ3n) is 3.90. The number of aryl methyl sites for hydroxylation is 3. The van der Waals surface area contributed by atoms with Crippen LogP contribution in [0.4, 0.5) is 0 Å². The van der Waals surface area contributed by atoms with Gasteiger partial charge in [0.2, 0.25) is 0 Å². The van der Waals surface area contributed by atoms with Crippen LogP contribution >= 0.6 is 0 Å². The van der Waals surface area contributed by atoms with Crippen LogP contribution in [0.15, 0.2) is 27.4 Å². The number of para-hydroxylation sites is 1. The molecular weight excluding hydrogens is 298 g/mol. The molecule has 3 rings (SSSR count). The molecule has 0 radical (unpaired) electrons. The Labute approximate surface area is 131 Å². The number of aromatic amines is 1. The highest BCUT2D eigenvalue weighted by molar-refractivity contribution is 6.01. The van der Waals surface area contributed by atoms with E-state index in [1.54, 1.807) is 25.2 Å². The van der Waals surface area contributed by atoms with Crippen LogP contribution < -0.4 is 5.76 Å². The lowest BCUT2D eigenvalue weighted by Crippen LogP contribution is -2.09. The summed E-state index contributed by atoms with van der Waals surface area (Å²) >= 11 is 0. The van der Waals surface area contributed by atoms with Gasteiger partial charge >= 0.3 is 11.7 Å². The van der Waals surface area contributed by atoms with Crippen molar-refractivity contribution >= 4 is 17.1 Å². The topological polar surface area (TPSA) is 90.1 Å². The molecule has 0 aliphatic rings. The lowest BCUT2D eigenvalue weighted by Gasteiger charge is -2.05. The minimum absolute atomic E-state index is 0.230. The number of carbonyl (C=O) groups excluding carboxylic acids is 1. The monoisotopic (exact) mass is 315 g/mol. The Morgan fingerprint density at radius 3 is 2.87 bits per heavy atom. The van der Waals surface area contributed by atoms with Gasteiger partial charge in [0.15, 0.2) is 5.58 Å². The van der Waals surface area contributed by atoms with Gasteiger partial charge in [0.05, 0.1) is 17.8 Å². The third-order valence-corrected chi connectivity index (χ3v) is 3.90. The molecule has 0 unspecified atom stereocenters. The van der Waals surface area contributed by atoms with E-state index in [-0.39, 0.29) is 17.8 Å². The van der Waals surface area contributed by atoms with Crippen molar-refractivity contribution in [3.05, 3.63) is 51.3 Å². The molecule has 0 atom stereocenters. The van der Waals surface area contributed by atoms with E-state index in [1.807, 2.05) is 13.8 Å². The Bertz CT molecular complexity index is 913. The number of H-pyrrole nitrogens is 1. The van der Waals surface area contributed by atoms with Crippen molar-refractivity contribution in [1.82, 2.24) is 14.8 Å². The fourth-order valence-corrected chi connectivity index (χ4v) is 2.58. The standard InChI is InChI=1S/C16H17N3O4/c1-9-11(10(2)18-17-9)7-8-22-15(20)12-5-4-6-13-14(12)23-16(21)19(13)3/h4-6H,7-8H2,1-3H3,(H,17,18). The second-order valence-electron chi connectivity index (χ2n) is 5.38. The zero-order valence-corrected chi connectivity index (χ0v) is 13.2. The number of ether oxygens (including phenoxy) is 1. The second kappa shape index (κ2) is 5.75. The second-order valence-corrected chi connectivity index (χ2v) is 5.38. The molecule has 0 spiro atoms. The third kappa shape index (κ3) is 2.65. The van der Waals surface area contributed by atoms with Gasteiger partial charge in [-0.25, -0.2) is 9.59 Å². The molecule has 23 heavy (non-hydrogen) atoms. The fourth-order valence-electron chi connectivity index (χ4n) is 2.58. The Morgan fingerprint density at radius 1 is 1.39 bits per heavy atom. The van der Waals surface area contributed by atoms with Gasteiger partial charge in [0.1, 0.15) is 5.56 Å². The number of fused-ring (bicyclic) bond motifs is 1. The number of carbonyl (C=O) groups is 1. The van der Waals surface area contributed by atoms with E-state index in [2.05, 4.69) is 10.2 Å². The molecule has 0 bridgehead atoms. The summed E-state index contributed by atoms with van der Waals surface area (Å²) in [5, 5.41) is 7.00. The zero-order chi connectivity index (χ0) is 16.6. The van der Waals surface area contributed by atoms with E-state index in [1.165, 1.54) is 4.57 Å². The molecule has 0 aliphatic carbocycles. The van der Waals surface area contributed by atoms with Crippen molar-refractivity contribution in [2.24, 2.45) is 7.05 Å². The molecule has 0 saturated carbocycles. The highest BCUT2D eigenvalue weighted by Crippen LogP contribution is 2.18. The van der Waals surface area contributed by atoms with Gasteiger partial charge in [-0.05, 0) is 31.5 Å². The summed E-state index contributed by atoms with van der Waals surface area (Å²) in [6, 6.07) is 5.00. The summed E-state index contributed by atoms with van der Waals surface area (Å²) in [6.45, 7) is 4.06. The normalized spacial score (nSPS) is 11.1. The van der Waals surface area contributed by atoms with Gasteiger partial charge in [-0.15, -0.1) is 0 Å². The van der Waals surface area contributed by atoms with Crippen molar-refractivity contribution < 1.29 is 13.9 Å². The number of benzene rings is 1. The number of oxazole rings is 1. The van der Waals surface area contributed by atoms with E-state index >= 15 is 0 Å². The molecule has 3 aromatic rings. The van der Waals surface area contributed by atoms with Crippen LogP contribution in [0.2, 0.25) is 0 Å². The van der Waals surface area contributed by atoms with Crippen molar-refractivity contribution in [3.63, 3.8) is 0 Å². The number of hydrogen-bond acceptors (Lipinski definition) is 5. The summed E-state index contributed by atoms with van der Waals surface area (Å²) in [5.41, 5.74) is 3.97. The Balaban J connectivity index is 1.77. The molecule has 1 N–H and O–H groups in total. The number of nitrogens with one attached hydrogen (secondary N) is 1. The highest BCUT2D eigenvalue weighted by Gasteiger charge is 2.17. The first-order valence-corrected chi connectivity index (χ1v) is 7.25. The number of esters is 1. The average Bonchev–Trinajstić information content (AvgIpc) is 3.00. The molecule has 0 amide bonds. The zero-order valence-electron chi connectivity index (χ0n) is 13.2. The number of rotatable bonds is 4. The van der Waals surface area contributed by atoms with Crippen molar-refractivity contribution in [1.29, 1.82) is 0 Å². The van der Waals surface area contributed by atoms with Crippen LogP contribution in [-0.2, 0) is 18.2 Å². The first-order chi connectivity index (χ1) is 11.0. The molecule has 7 nitrogen and oxygen atoms in total. The van der Waals surface area contributed by atoms with Crippen LogP contribution in [0.1, 0.15) is 27.3 Å². The van der Waals surface area contributed by atoms with Gasteiger partial charge in [-0.2, -0.15) is 5.10 Å². The lowest BCUT2D eigenvalue weighted by molar-refractivity contribution is 0.0510.